The molecule has 0 aliphatic carbocycles. The molecule has 6 heteroatoms. The van der Waals surface area contributed by atoms with Crippen molar-refractivity contribution in [2.45, 2.75) is 45.7 Å². The van der Waals surface area contributed by atoms with E-state index in [1.54, 1.807) is 23.3 Å². The number of methoxy groups -OCH3 is 1. The number of hydrogen-bond acceptors (Lipinski definition) is 4. The van der Waals surface area contributed by atoms with E-state index in [1.165, 1.54) is 10.4 Å². The highest BCUT2D eigenvalue weighted by Gasteiger charge is 2.34. The second-order valence-electron chi connectivity index (χ2n) is 7.28. The van der Waals surface area contributed by atoms with Gasteiger partial charge < -0.3 is 14.5 Å². The maximum atomic E-state index is 13.3. The summed E-state index contributed by atoms with van der Waals surface area (Å²) in [6.45, 7) is 6.52. The third-order valence-electron chi connectivity index (χ3n) is 5.27. The van der Waals surface area contributed by atoms with Crippen LogP contribution in [0.3, 0.4) is 0 Å². The fraction of sp³-hybridized carbons (Fsp3) is 0.455. The predicted octanol–water partition coefficient (Wildman–Crippen LogP) is 3.88. The Morgan fingerprint density at radius 1 is 1.25 bits per heavy atom. The molecule has 0 radical (unpaired) electrons. The Morgan fingerprint density at radius 3 is 2.57 bits per heavy atom. The van der Waals surface area contributed by atoms with E-state index < -0.39 is 0 Å². The fourth-order valence-corrected chi connectivity index (χ4v) is 4.63. The highest BCUT2D eigenvalue weighted by molar-refractivity contribution is 7.10. The van der Waals surface area contributed by atoms with Gasteiger partial charge in [-0.15, -0.1) is 11.3 Å². The summed E-state index contributed by atoms with van der Waals surface area (Å²) in [6.07, 6.45) is 1.26. The largest absolute Gasteiger partial charge is 0.497 e. The first-order valence-corrected chi connectivity index (χ1v) is 10.6. The quantitative estimate of drug-likeness (QED) is 0.739. The lowest BCUT2D eigenvalue weighted by Crippen LogP contribution is -2.48. The SMILES string of the molecule is CCC(=O)N(CC(=O)N1CCc2sccc2C1c1ccc(OC)cc1)C(C)C. The summed E-state index contributed by atoms with van der Waals surface area (Å²) in [5, 5.41) is 2.09. The number of benzene rings is 1. The van der Waals surface area contributed by atoms with Crippen LogP contribution in [0.2, 0.25) is 0 Å². The minimum atomic E-state index is -0.126. The van der Waals surface area contributed by atoms with E-state index in [2.05, 4.69) is 11.4 Å². The fourth-order valence-electron chi connectivity index (χ4n) is 3.73. The molecule has 1 aromatic carbocycles. The average Bonchev–Trinajstić information content (AvgIpc) is 3.19. The Kier molecular flexibility index (Phi) is 6.39. The van der Waals surface area contributed by atoms with E-state index in [0.29, 0.717) is 13.0 Å². The van der Waals surface area contributed by atoms with Crippen molar-refractivity contribution in [2.24, 2.45) is 0 Å². The molecular formula is C22H28N2O3S. The molecule has 3 rings (SSSR count). The number of thiophene rings is 1. The lowest BCUT2D eigenvalue weighted by Gasteiger charge is -2.38. The van der Waals surface area contributed by atoms with Crippen molar-refractivity contribution in [1.29, 1.82) is 0 Å². The Balaban J connectivity index is 1.91. The number of nitrogens with zero attached hydrogens (tertiary/aromatic N) is 2. The number of carbonyl (C=O) groups is 2. The molecule has 28 heavy (non-hydrogen) atoms. The van der Waals surface area contributed by atoms with Gasteiger partial charge in [0.25, 0.3) is 0 Å². The van der Waals surface area contributed by atoms with Crippen molar-refractivity contribution < 1.29 is 14.3 Å². The van der Waals surface area contributed by atoms with Crippen molar-refractivity contribution in [2.75, 3.05) is 20.2 Å². The van der Waals surface area contributed by atoms with Gasteiger partial charge in [-0.2, -0.15) is 0 Å². The lowest BCUT2D eigenvalue weighted by molar-refractivity contribution is -0.143. The molecule has 1 aliphatic rings. The predicted molar refractivity (Wildman–Crippen MR) is 112 cm³/mol. The van der Waals surface area contributed by atoms with Crippen LogP contribution in [0.25, 0.3) is 0 Å². The van der Waals surface area contributed by atoms with Gasteiger partial charge in [-0.05, 0) is 55.0 Å². The topological polar surface area (TPSA) is 49.9 Å². The molecule has 0 saturated carbocycles. The zero-order valence-corrected chi connectivity index (χ0v) is 17.8. The smallest absolute Gasteiger partial charge is 0.243 e. The van der Waals surface area contributed by atoms with E-state index in [1.807, 2.05) is 49.9 Å². The molecule has 150 valence electrons. The van der Waals surface area contributed by atoms with E-state index >= 15 is 0 Å². The molecule has 5 nitrogen and oxygen atoms in total. The number of ether oxygens (including phenoxy) is 1. The van der Waals surface area contributed by atoms with E-state index in [-0.39, 0.29) is 30.4 Å². The summed E-state index contributed by atoms with van der Waals surface area (Å²) in [5.74, 6) is 0.799. The number of fused-ring (bicyclic) bond motifs is 1. The van der Waals surface area contributed by atoms with Crippen LogP contribution in [0.15, 0.2) is 35.7 Å². The minimum absolute atomic E-state index is 0.00247. The molecule has 1 atom stereocenters. The van der Waals surface area contributed by atoms with Crippen LogP contribution in [0.1, 0.15) is 49.2 Å². The first-order valence-electron chi connectivity index (χ1n) is 9.75. The van der Waals surface area contributed by atoms with E-state index in [0.717, 1.165) is 17.7 Å². The van der Waals surface area contributed by atoms with Crippen molar-refractivity contribution in [3.8, 4) is 5.75 Å². The van der Waals surface area contributed by atoms with Gasteiger partial charge in [0.15, 0.2) is 0 Å². The summed E-state index contributed by atoms with van der Waals surface area (Å²) in [4.78, 5) is 30.5. The number of amides is 2. The molecule has 1 unspecified atom stereocenters. The zero-order chi connectivity index (χ0) is 20.3. The average molecular weight is 401 g/mol. The highest BCUT2D eigenvalue weighted by Crippen LogP contribution is 2.38. The third-order valence-corrected chi connectivity index (χ3v) is 6.27. The van der Waals surface area contributed by atoms with Crippen LogP contribution in [0.4, 0.5) is 0 Å². The molecule has 2 heterocycles. The number of carbonyl (C=O) groups excluding carboxylic acids is 2. The van der Waals surface area contributed by atoms with Gasteiger partial charge in [-0.25, -0.2) is 0 Å². The Labute approximate surface area is 170 Å². The maximum Gasteiger partial charge on any atom is 0.243 e. The Bertz CT molecular complexity index is 829. The van der Waals surface area contributed by atoms with Crippen molar-refractivity contribution >= 4 is 23.2 Å². The van der Waals surface area contributed by atoms with E-state index in [9.17, 15) is 9.59 Å². The second kappa shape index (κ2) is 8.78. The van der Waals surface area contributed by atoms with Gasteiger partial charge in [0.05, 0.1) is 13.2 Å². The van der Waals surface area contributed by atoms with Crippen LogP contribution in [-0.4, -0.2) is 47.9 Å². The summed E-state index contributed by atoms with van der Waals surface area (Å²) in [6, 6.07) is 9.89. The van der Waals surface area contributed by atoms with Crippen molar-refractivity contribution in [3.63, 3.8) is 0 Å². The summed E-state index contributed by atoms with van der Waals surface area (Å²) < 4.78 is 5.28. The van der Waals surface area contributed by atoms with Gasteiger partial charge in [0.1, 0.15) is 12.3 Å². The first-order chi connectivity index (χ1) is 13.5. The van der Waals surface area contributed by atoms with Gasteiger partial charge >= 0.3 is 0 Å². The van der Waals surface area contributed by atoms with Gasteiger partial charge in [0, 0.05) is 23.9 Å². The molecule has 1 aromatic heterocycles. The summed E-state index contributed by atoms with van der Waals surface area (Å²) in [7, 11) is 1.65. The van der Waals surface area contributed by atoms with Gasteiger partial charge in [-0.1, -0.05) is 19.1 Å². The second-order valence-corrected chi connectivity index (χ2v) is 8.28. The van der Waals surface area contributed by atoms with Crippen LogP contribution in [0, 0.1) is 0 Å². The summed E-state index contributed by atoms with van der Waals surface area (Å²) in [5.41, 5.74) is 2.25. The van der Waals surface area contributed by atoms with Crippen LogP contribution in [0.5, 0.6) is 5.75 Å². The molecule has 0 bridgehead atoms. The third kappa shape index (κ3) is 4.07. The normalized spacial score (nSPS) is 16.0. The van der Waals surface area contributed by atoms with Crippen LogP contribution >= 0.6 is 11.3 Å². The maximum absolute atomic E-state index is 13.3. The minimum Gasteiger partial charge on any atom is -0.497 e. The van der Waals surface area contributed by atoms with Crippen LogP contribution < -0.4 is 4.74 Å². The zero-order valence-electron chi connectivity index (χ0n) is 17.0. The first kappa shape index (κ1) is 20.4. The number of hydrogen-bond donors (Lipinski definition) is 0. The highest BCUT2D eigenvalue weighted by atomic mass is 32.1. The van der Waals surface area contributed by atoms with E-state index in [4.69, 9.17) is 4.74 Å². The molecule has 0 N–H and O–H groups in total. The molecule has 0 spiro atoms. The Morgan fingerprint density at radius 2 is 1.96 bits per heavy atom. The van der Waals surface area contributed by atoms with Crippen molar-refractivity contribution in [1.82, 2.24) is 9.80 Å². The van der Waals surface area contributed by atoms with Crippen LogP contribution in [-0.2, 0) is 16.0 Å². The van der Waals surface area contributed by atoms with Crippen molar-refractivity contribution in [3.05, 3.63) is 51.7 Å². The molecule has 0 saturated heterocycles. The molecule has 2 aromatic rings. The molecular weight excluding hydrogens is 372 g/mol. The monoisotopic (exact) mass is 400 g/mol. The standard InChI is InChI=1S/C22H28N2O3S/c1-5-20(25)24(15(2)3)14-21(26)23-12-10-19-18(11-13-28-19)22(23)16-6-8-17(27-4)9-7-16/h6-9,11,13,15,22H,5,10,12,14H2,1-4H3. The van der Waals surface area contributed by atoms with Gasteiger partial charge in [0.2, 0.25) is 11.8 Å². The van der Waals surface area contributed by atoms with Gasteiger partial charge in [-0.3, -0.25) is 9.59 Å². The Hall–Kier alpha value is -2.34. The molecule has 0 fully saturated rings. The molecule has 1 aliphatic heterocycles. The number of rotatable bonds is 6. The summed E-state index contributed by atoms with van der Waals surface area (Å²) >= 11 is 1.75. The lowest BCUT2D eigenvalue weighted by atomic mass is 9.93. The molecule has 2 amide bonds.